The summed E-state index contributed by atoms with van der Waals surface area (Å²) in [4.78, 5) is 20.1. The molecule has 3 aliphatic rings. The highest BCUT2D eigenvalue weighted by atomic mass is 35.5. The van der Waals surface area contributed by atoms with Gasteiger partial charge in [0.05, 0.1) is 10.4 Å². The SMILES string of the molecule is Cl.O=C(NC12CCCN(CC1)CC2)Oc1ncsc1-c1ccccc1. The molecule has 2 bridgehead atoms. The van der Waals surface area contributed by atoms with Crippen LogP contribution in [0.2, 0.25) is 0 Å². The minimum atomic E-state index is -0.381. The smallest absolute Gasteiger partial charge is 0.390 e. The van der Waals surface area contributed by atoms with Crippen LogP contribution < -0.4 is 10.1 Å². The van der Waals surface area contributed by atoms with Gasteiger partial charge in [-0.25, -0.2) is 9.78 Å². The Labute approximate surface area is 157 Å². The second kappa shape index (κ2) is 7.72. The predicted molar refractivity (Wildman–Crippen MR) is 102 cm³/mol. The summed E-state index contributed by atoms with van der Waals surface area (Å²) in [6.07, 6.45) is 3.79. The second-order valence-corrected chi connectivity index (χ2v) is 7.45. The molecule has 3 saturated heterocycles. The lowest BCUT2D eigenvalue weighted by atomic mass is 9.86. The van der Waals surface area contributed by atoms with Crippen LogP contribution in [-0.4, -0.2) is 41.2 Å². The number of piperidine rings is 1. The van der Waals surface area contributed by atoms with Gasteiger partial charge in [-0.3, -0.25) is 0 Å². The average molecular weight is 380 g/mol. The largest absolute Gasteiger partial charge is 0.414 e. The molecule has 7 heteroatoms. The Hall–Kier alpha value is -1.63. The third-order valence-electron chi connectivity index (χ3n) is 5.07. The van der Waals surface area contributed by atoms with Gasteiger partial charge in [-0.2, -0.15) is 0 Å². The molecule has 0 saturated carbocycles. The summed E-state index contributed by atoms with van der Waals surface area (Å²) < 4.78 is 5.56. The van der Waals surface area contributed by atoms with Crippen LogP contribution in [0.5, 0.6) is 5.88 Å². The topological polar surface area (TPSA) is 54.5 Å². The number of rotatable bonds is 3. The third kappa shape index (κ3) is 3.97. The van der Waals surface area contributed by atoms with Crippen molar-refractivity contribution in [2.45, 2.75) is 31.2 Å². The van der Waals surface area contributed by atoms with E-state index >= 15 is 0 Å². The molecule has 3 aliphatic heterocycles. The van der Waals surface area contributed by atoms with Crippen LogP contribution in [0, 0.1) is 0 Å². The molecule has 1 aromatic heterocycles. The lowest BCUT2D eigenvalue weighted by Crippen LogP contribution is -2.53. The summed E-state index contributed by atoms with van der Waals surface area (Å²) in [5, 5.41) is 3.15. The summed E-state index contributed by atoms with van der Waals surface area (Å²) >= 11 is 1.48. The van der Waals surface area contributed by atoms with Gasteiger partial charge in [0, 0.05) is 18.6 Å². The number of hydrogen-bond donors (Lipinski definition) is 1. The van der Waals surface area contributed by atoms with Gasteiger partial charge in [-0.1, -0.05) is 30.3 Å². The number of aromatic nitrogens is 1. The summed E-state index contributed by atoms with van der Waals surface area (Å²) in [6, 6.07) is 9.90. The van der Waals surface area contributed by atoms with Crippen molar-refractivity contribution in [3.05, 3.63) is 35.8 Å². The maximum atomic E-state index is 12.5. The lowest BCUT2D eigenvalue weighted by molar-refractivity contribution is 0.148. The predicted octanol–water partition coefficient (Wildman–Crippen LogP) is 3.95. The molecule has 5 rings (SSSR count). The van der Waals surface area contributed by atoms with Gasteiger partial charge in [0.15, 0.2) is 0 Å². The zero-order valence-corrected chi connectivity index (χ0v) is 15.6. The Morgan fingerprint density at radius 1 is 1.16 bits per heavy atom. The highest BCUT2D eigenvalue weighted by molar-refractivity contribution is 7.13. The maximum Gasteiger partial charge on any atom is 0.414 e. The van der Waals surface area contributed by atoms with E-state index in [9.17, 15) is 4.79 Å². The van der Waals surface area contributed by atoms with Crippen molar-refractivity contribution in [2.75, 3.05) is 19.6 Å². The highest BCUT2D eigenvalue weighted by Gasteiger charge is 2.38. The van der Waals surface area contributed by atoms with Gasteiger partial charge in [0.1, 0.15) is 0 Å². The van der Waals surface area contributed by atoms with E-state index in [2.05, 4.69) is 15.2 Å². The van der Waals surface area contributed by atoms with E-state index in [1.165, 1.54) is 11.3 Å². The average Bonchev–Trinajstić information content (AvgIpc) is 2.85. The number of ether oxygens (including phenoxy) is 1. The Morgan fingerprint density at radius 3 is 2.68 bits per heavy atom. The molecular formula is C18H22ClN3O2S. The molecule has 0 atom stereocenters. The fourth-order valence-electron chi connectivity index (χ4n) is 3.70. The maximum absolute atomic E-state index is 12.5. The minimum absolute atomic E-state index is 0. The minimum Gasteiger partial charge on any atom is -0.390 e. The summed E-state index contributed by atoms with van der Waals surface area (Å²) in [6.45, 7) is 3.27. The molecular weight excluding hydrogens is 358 g/mol. The molecule has 1 aromatic carbocycles. The molecule has 1 amide bonds. The van der Waals surface area contributed by atoms with Crippen molar-refractivity contribution < 1.29 is 9.53 Å². The number of thiazole rings is 1. The van der Waals surface area contributed by atoms with E-state index in [0.717, 1.165) is 55.8 Å². The number of halogens is 1. The van der Waals surface area contributed by atoms with Crippen LogP contribution in [0.15, 0.2) is 35.8 Å². The van der Waals surface area contributed by atoms with Gasteiger partial charge < -0.3 is 15.0 Å². The highest BCUT2D eigenvalue weighted by Crippen LogP contribution is 2.34. The summed E-state index contributed by atoms with van der Waals surface area (Å²) in [5.74, 6) is 0.395. The van der Waals surface area contributed by atoms with E-state index in [-0.39, 0.29) is 24.0 Å². The monoisotopic (exact) mass is 379 g/mol. The summed E-state index contributed by atoms with van der Waals surface area (Å²) in [7, 11) is 0. The molecule has 0 radical (unpaired) electrons. The molecule has 0 spiro atoms. The van der Waals surface area contributed by atoms with E-state index < -0.39 is 0 Å². The number of nitrogens with one attached hydrogen (secondary N) is 1. The van der Waals surface area contributed by atoms with Crippen molar-refractivity contribution in [3.8, 4) is 16.3 Å². The normalized spacial score (nSPS) is 24.9. The van der Waals surface area contributed by atoms with E-state index in [0.29, 0.717) is 5.88 Å². The molecule has 25 heavy (non-hydrogen) atoms. The number of carbonyl (C=O) groups is 1. The van der Waals surface area contributed by atoms with Crippen LogP contribution in [-0.2, 0) is 0 Å². The molecule has 0 unspecified atom stereocenters. The number of amides is 1. The number of benzene rings is 1. The first-order chi connectivity index (χ1) is 11.7. The molecule has 1 N–H and O–H groups in total. The van der Waals surface area contributed by atoms with Crippen molar-refractivity contribution in [3.63, 3.8) is 0 Å². The molecule has 4 heterocycles. The zero-order valence-electron chi connectivity index (χ0n) is 13.9. The van der Waals surface area contributed by atoms with Crippen LogP contribution in [0.25, 0.3) is 10.4 Å². The fourth-order valence-corrected chi connectivity index (χ4v) is 4.42. The molecule has 0 aliphatic carbocycles. The van der Waals surface area contributed by atoms with Gasteiger partial charge in [-0.15, -0.1) is 23.7 Å². The lowest BCUT2D eigenvalue weighted by Gasteiger charge is -2.38. The molecule has 2 aromatic rings. The van der Waals surface area contributed by atoms with Gasteiger partial charge in [0.2, 0.25) is 5.88 Å². The third-order valence-corrected chi connectivity index (χ3v) is 5.93. The molecule has 3 fully saturated rings. The first-order valence-electron chi connectivity index (χ1n) is 8.45. The molecule has 134 valence electrons. The Balaban J connectivity index is 0.00000182. The van der Waals surface area contributed by atoms with E-state index in [1.807, 2.05) is 30.3 Å². The van der Waals surface area contributed by atoms with Crippen LogP contribution in [0.1, 0.15) is 25.7 Å². The van der Waals surface area contributed by atoms with Crippen molar-refractivity contribution in [2.24, 2.45) is 0 Å². The van der Waals surface area contributed by atoms with Crippen molar-refractivity contribution in [1.29, 1.82) is 0 Å². The van der Waals surface area contributed by atoms with Gasteiger partial charge in [0.25, 0.3) is 0 Å². The van der Waals surface area contributed by atoms with Gasteiger partial charge in [-0.05, 0) is 37.8 Å². The van der Waals surface area contributed by atoms with E-state index in [1.54, 1.807) is 5.51 Å². The van der Waals surface area contributed by atoms with Crippen molar-refractivity contribution in [1.82, 2.24) is 15.2 Å². The zero-order chi connectivity index (χ0) is 16.4. The first-order valence-corrected chi connectivity index (χ1v) is 9.33. The standard InChI is InChI=1S/C18H21N3O2S.ClH/c22-17(20-18-7-4-10-21(11-8-18)12-9-18)23-16-15(24-13-19-16)14-5-2-1-3-6-14;/h1-3,5-6,13H,4,7-12H2,(H,20,22);1H. The summed E-state index contributed by atoms with van der Waals surface area (Å²) in [5.41, 5.74) is 2.63. The van der Waals surface area contributed by atoms with Crippen LogP contribution in [0.3, 0.4) is 0 Å². The Bertz CT molecular complexity index is 709. The number of hydrogen-bond acceptors (Lipinski definition) is 5. The first kappa shape index (κ1) is 18.2. The number of nitrogens with zero attached hydrogens (tertiary/aromatic N) is 2. The molecule has 5 nitrogen and oxygen atoms in total. The second-order valence-electron chi connectivity index (χ2n) is 6.59. The Morgan fingerprint density at radius 2 is 1.92 bits per heavy atom. The van der Waals surface area contributed by atoms with Crippen molar-refractivity contribution >= 4 is 29.8 Å². The van der Waals surface area contributed by atoms with E-state index in [4.69, 9.17) is 4.74 Å². The van der Waals surface area contributed by atoms with Gasteiger partial charge >= 0.3 is 6.09 Å². The van der Waals surface area contributed by atoms with Crippen LogP contribution in [0.4, 0.5) is 4.79 Å². The Kier molecular flexibility index (Phi) is 5.61. The number of carbonyl (C=O) groups excluding carboxylic acids is 1. The quantitative estimate of drug-likeness (QED) is 0.877. The van der Waals surface area contributed by atoms with Crippen LogP contribution >= 0.6 is 23.7 Å². The fraction of sp³-hybridized carbons (Fsp3) is 0.444. The number of fused-ring (bicyclic) bond motifs is 4.